The molecule has 1 heterocycles. The summed E-state index contributed by atoms with van der Waals surface area (Å²) in [6.45, 7) is 2.37. The van der Waals surface area contributed by atoms with Crippen molar-refractivity contribution < 1.29 is 10.0 Å². The van der Waals surface area contributed by atoms with Crippen LogP contribution in [0, 0.1) is 12.3 Å². The molecule has 1 amide bonds. The maximum absolute atomic E-state index is 12.5. The van der Waals surface area contributed by atoms with Gasteiger partial charge in [-0.25, -0.2) is 0 Å². The summed E-state index contributed by atoms with van der Waals surface area (Å²) in [7, 11) is 0. The van der Waals surface area contributed by atoms with E-state index in [4.69, 9.17) is 10.9 Å². The largest absolute Gasteiger partial charge is 0.409 e. The van der Waals surface area contributed by atoms with Gasteiger partial charge in [-0.2, -0.15) is 0 Å². The molecular weight excluding hydrogens is 256 g/mol. The summed E-state index contributed by atoms with van der Waals surface area (Å²) < 4.78 is 0. The summed E-state index contributed by atoms with van der Waals surface area (Å²) in [6.07, 6.45) is 6.55. The molecule has 1 fully saturated rings. The van der Waals surface area contributed by atoms with Crippen LogP contribution in [0.4, 0.5) is 0 Å². The number of amidine groups is 1. The van der Waals surface area contributed by atoms with Gasteiger partial charge in [-0.1, -0.05) is 18.0 Å². The Bertz CT molecular complexity index is 522. The molecule has 20 heavy (non-hydrogen) atoms. The molecule has 1 aromatic heterocycles. The smallest absolute Gasteiger partial charge is 0.234 e. The van der Waals surface area contributed by atoms with E-state index in [1.54, 1.807) is 12.4 Å². The number of aromatic nitrogens is 1. The molecule has 0 spiro atoms. The lowest BCUT2D eigenvalue weighted by Crippen LogP contribution is -2.48. The number of carbonyl (C=O) groups is 1. The van der Waals surface area contributed by atoms with E-state index < -0.39 is 5.41 Å². The normalized spacial score (nSPS) is 17.9. The maximum atomic E-state index is 12.5. The van der Waals surface area contributed by atoms with E-state index in [0.717, 1.165) is 24.0 Å². The number of rotatable bonds is 4. The Morgan fingerprint density at radius 1 is 1.55 bits per heavy atom. The number of carbonyl (C=O) groups excluding carboxylic acids is 1. The molecule has 6 nitrogen and oxygen atoms in total. The second-order valence-corrected chi connectivity index (χ2v) is 5.26. The highest BCUT2D eigenvalue weighted by atomic mass is 16.4. The number of pyridine rings is 1. The molecule has 0 unspecified atom stereocenters. The Balaban J connectivity index is 2.09. The molecule has 1 aromatic rings. The maximum Gasteiger partial charge on any atom is 0.234 e. The molecule has 0 saturated heterocycles. The second kappa shape index (κ2) is 5.90. The quantitative estimate of drug-likeness (QED) is 0.334. The van der Waals surface area contributed by atoms with Crippen LogP contribution in [0.3, 0.4) is 0 Å². The van der Waals surface area contributed by atoms with Gasteiger partial charge in [0.2, 0.25) is 5.91 Å². The number of hydrogen-bond acceptors (Lipinski definition) is 4. The predicted octanol–water partition coefficient (Wildman–Crippen LogP) is 1.31. The lowest BCUT2D eigenvalue weighted by Gasteiger charge is -2.26. The Morgan fingerprint density at radius 3 is 2.85 bits per heavy atom. The van der Waals surface area contributed by atoms with E-state index in [1.165, 1.54) is 0 Å². The topological polar surface area (TPSA) is 101 Å². The van der Waals surface area contributed by atoms with Gasteiger partial charge in [0.15, 0.2) is 5.84 Å². The van der Waals surface area contributed by atoms with Crippen molar-refractivity contribution in [3.05, 3.63) is 29.6 Å². The third-order valence-electron chi connectivity index (χ3n) is 4.07. The third kappa shape index (κ3) is 2.59. The first-order valence-corrected chi connectivity index (χ1v) is 6.76. The van der Waals surface area contributed by atoms with Crippen LogP contribution < -0.4 is 11.1 Å². The number of nitrogens with two attached hydrogens (primary N) is 1. The zero-order valence-electron chi connectivity index (χ0n) is 11.6. The van der Waals surface area contributed by atoms with E-state index in [9.17, 15) is 4.79 Å². The molecule has 0 aromatic carbocycles. The van der Waals surface area contributed by atoms with Crippen molar-refractivity contribution in [2.75, 3.05) is 0 Å². The monoisotopic (exact) mass is 276 g/mol. The molecule has 0 radical (unpaired) electrons. The lowest BCUT2D eigenvalue weighted by atomic mass is 9.83. The number of aryl methyl sites for hydroxylation is 1. The van der Waals surface area contributed by atoms with E-state index in [1.807, 2.05) is 13.0 Å². The molecule has 4 N–H and O–H groups in total. The summed E-state index contributed by atoms with van der Waals surface area (Å²) in [5.74, 6) is -0.152. The number of oxime groups is 1. The highest BCUT2D eigenvalue weighted by Gasteiger charge is 2.45. The van der Waals surface area contributed by atoms with Crippen LogP contribution in [0.5, 0.6) is 0 Å². The van der Waals surface area contributed by atoms with E-state index in [2.05, 4.69) is 15.5 Å². The Labute approximate surface area is 118 Å². The highest BCUT2D eigenvalue weighted by Crippen LogP contribution is 2.38. The Morgan fingerprint density at radius 2 is 2.25 bits per heavy atom. The zero-order chi connectivity index (χ0) is 14.6. The fraction of sp³-hybridized carbons (Fsp3) is 0.500. The van der Waals surface area contributed by atoms with Crippen molar-refractivity contribution in [3.8, 4) is 0 Å². The molecule has 0 bridgehead atoms. The fourth-order valence-corrected chi connectivity index (χ4v) is 2.72. The first kappa shape index (κ1) is 14.3. The van der Waals surface area contributed by atoms with Crippen LogP contribution in [0.15, 0.2) is 23.6 Å². The summed E-state index contributed by atoms with van der Waals surface area (Å²) in [4.78, 5) is 16.5. The average Bonchev–Trinajstić information content (AvgIpc) is 2.96. The first-order chi connectivity index (χ1) is 9.60. The van der Waals surface area contributed by atoms with E-state index in [-0.39, 0.29) is 11.7 Å². The van der Waals surface area contributed by atoms with Gasteiger partial charge < -0.3 is 16.3 Å². The van der Waals surface area contributed by atoms with Crippen molar-refractivity contribution in [1.29, 1.82) is 0 Å². The molecule has 1 saturated carbocycles. The summed E-state index contributed by atoms with van der Waals surface area (Å²) in [5, 5.41) is 14.9. The van der Waals surface area contributed by atoms with Crippen molar-refractivity contribution in [2.24, 2.45) is 16.3 Å². The van der Waals surface area contributed by atoms with Crippen LogP contribution in [0.1, 0.15) is 36.8 Å². The summed E-state index contributed by atoms with van der Waals surface area (Å²) in [6, 6.07) is 1.88. The fourth-order valence-electron chi connectivity index (χ4n) is 2.72. The number of nitrogens with one attached hydrogen (secondary N) is 1. The lowest BCUT2D eigenvalue weighted by molar-refractivity contribution is -0.127. The van der Waals surface area contributed by atoms with Crippen LogP contribution in [-0.4, -0.2) is 21.9 Å². The molecule has 0 atom stereocenters. The minimum absolute atomic E-state index is 0.0129. The SMILES string of the molecule is Cc1cnccc1CNC(=O)C1(/C(N)=N/O)CCCC1. The van der Waals surface area contributed by atoms with Gasteiger partial charge in [0.1, 0.15) is 5.41 Å². The van der Waals surface area contributed by atoms with Crippen molar-refractivity contribution in [1.82, 2.24) is 10.3 Å². The van der Waals surface area contributed by atoms with Crippen LogP contribution in [0.25, 0.3) is 0 Å². The van der Waals surface area contributed by atoms with Crippen molar-refractivity contribution >= 4 is 11.7 Å². The van der Waals surface area contributed by atoms with E-state index in [0.29, 0.717) is 19.4 Å². The van der Waals surface area contributed by atoms with Gasteiger partial charge in [0.25, 0.3) is 0 Å². The number of nitrogens with zero attached hydrogens (tertiary/aromatic N) is 2. The highest BCUT2D eigenvalue weighted by molar-refractivity contribution is 6.07. The Hall–Kier alpha value is -2.11. The number of hydrogen-bond donors (Lipinski definition) is 3. The zero-order valence-corrected chi connectivity index (χ0v) is 11.6. The second-order valence-electron chi connectivity index (χ2n) is 5.26. The summed E-state index contributed by atoms with van der Waals surface area (Å²) in [5.41, 5.74) is 6.93. The van der Waals surface area contributed by atoms with Gasteiger partial charge in [-0.15, -0.1) is 0 Å². The van der Waals surface area contributed by atoms with E-state index >= 15 is 0 Å². The van der Waals surface area contributed by atoms with Crippen LogP contribution in [-0.2, 0) is 11.3 Å². The van der Waals surface area contributed by atoms with Crippen molar-refractivity contribution in [2.45, 2.75) is 39.2 Å². The average molecular weight is 276 g/mol. The molecule has 2 rings (SSSR count). The third-order valence-corrected chi connectivity index (χ3v) is 4.07. The Kier molecular flexibility index (Phi) is 4.22. The minimum atomic E-state index is -0.852. The molecule has 6 heteroatoms. The predicted molar refractivity (Wildman–Crippen MR) is 75.1 cm³/mol. The van der Waals surface area contributed by atoms with Gasteiger partial charge >= 0.3 is 0 Å². The van der Waals surface area contributed by atoms with Gasteiger partial charge in [0.05, 0.1) is 0 Å². The van der Waals surface area contributed by atoms with Gasteiger partial charge in [-0.05, 0) is 37.0 Å². The first-order valence-electron chi connectivity index (χ1n) is 6.76. The molecule has 0 aliphatic heterocycles. The number of amides is 1. The standard InChI is InChI=1S/C14H20N4O2/c1-10-8-16-7-4-11(10)9-17-13(19)14(12(15)18-20)5-2-3-6-14/h4,7-8,20H,2-3,5-6,9H2,1H3,(H2,15,18)(H,17,19). The van der Waals surface area contributed by atoms with Crippen molar-refractivity contribution in [3.63, 3.8) is 0 Å². The minimum Gasteiger partial charge on any atom is -0.409 e. The van der Waals surface area contributed by atoms with Gasteiger partial charge in [-0.3, -0.25) is 9.78 Å². The van der Waals surface area contributed by atoms with Crippen LogP contribution in [0.2, 0.25) is 0 Å². The molecule has 108 valence electrons. The van der Waals surface area contributed by atoms with Crippen LogP contribution >= 0.6 is 0 Å². The summed E-state index contributed by atoms with van der Waals surface area (Å²) >= 11 is 0. The van der Waals surface area contributed by atoms with Gasteiger partial charge in [0, 0.05) is 18.9 Å². The molecule has 1 aliphatic rings. The molecular formula is C14H20N4O2. The molecule has 1 aliphatic carbocycles.